The highest BCUT2D eigenvalue weighted by Gasteiger charge is 2.23. The first-order valence-corrected chi connectivity index (χ1v) is 9.20. The number of hydrogen-bond donors (Lipinski definition) is 0. The minimum absolute atomic E-state index is 0.0405. The van der Waals surface area contributed by atoms with Crippen molar-refractivity contribution in [3.05, 3.63) is 52.2 Å². The van der Waals surface area contributed by atoms with Gasteiger partial charge in [-0.15, -0.1) is 22.7 Å². The lowest BCUT2D eigenvalue weighted by atomic mass is 10.3. The Hall–Kier alpha value is -1.96. The van der Waals surface area contributed by atoms with Gasteiger partial charge in [0.25, 0.3) is 5.91 Å². The highest BCUT2D eigenvalue weighted by Crippen LogP contribution is 2.31. The minimum atomic E-state index is -0.0405. The van der Waals surface area contributed by atoms with Crippen LogP contribution in [0.4, 0.5) is 0 Å². The number of thiophene rings is 1. The number of carbonyl (C=O) groups excluding carboxylic acids is 1. The summed E-state index contributed by atoms with van der Waals surface area (Å²) in [6.07, 6.45) is 1.61. The standard InChI is InChI=1S/C17H18N2O3S2/c1-12-15(24-16(18-12)14-6-4-10-23-14)17(20)19(7-9-21-2)11-13-5-3-8-22-13/h3-6,8,10H,7,9,11H2,1-2H3. The summed E-state index contributed by atoms with van der Waals surface area (Å²) >= 11 is 3.06. The zero-order valence-corrected chi connectivity index (χ0v) is 15.2. The molecule has 0 radical (unpaired) electrons. The molecule has 1 amide bonds. The number of hydrogen-bond acceptors (Lipinski definition) is 6. The van der Waals surface area contributed by atoms with Crippen LogP contribution in [0.5, 0.6) is 0 Å². The number of methoxy groups -OCH3 is 1. The van der Waals surface area contributed by atoms with E-state index in [1.54, 1.807) is 29.6 Å². The van der Waals surface area contributed by atoms with Crippen LogP contribution in [0.1, 0.15) is 21.1 Å². The molecular weight excluding hydrogens is 344 g/mol. The van der Waals surface area contributed by atoms with Crippen LogP contribution in [0.15, 0.2) is 40.3 Å². The monoisotopic (exact) mass is 362 g/mol. The van der Waals surface area contributed by atoms with E-state index in [1.165, 1.54) is 11.3 Å². The lowest BCUT2D eigenvalue weighted by Gasteiger charge is -2.20. The van der Waals surface area contributed by atoms with Gasteiger partial charge in [-0.2, -0.15) is 0 Å². The lowest BCUT2D eigenvalue weighted by molar-refractivity contribution is 0.0670. The average molecular weight is 362 g/mol. The van der Waals surface area contributed by atoms with Crippen LogP contribution in [-0.4, -0.2) is 36.1 Å². The van der Waals surface area contributed by atoms with Crippen molar-refractivity contribution < 1.29 is 13.9 Å². The number of carbonyl (C=O) groups is 1. The number of aryl methyl sites for hydroxylation is 1. The van der Waals surface area contributed by atoms with E-state index in [-0.39, 0.29) is 5.91 Å². The molecule has 3 rings (SSSR count). The van der Waals surface area contributed by atoms with Gasteiger partial charge >= 0.3 is 0 Å². The Kier molecular flexibility index (Phi) is 5.44. The van der Waals surface area contributed by atoms with Gasteiger partial charge in [-0.25, -0.2) is 4.98 Å². The Balaban J connectivity index is 1.83. The quantitative estimate of drug-likeness (QED) is 0.636. The van der Waals surface area contributed by atoms with Gasteiger partial charge in [0.05, 0.1) is 30.0 Å². The second-order valence-electron chi connectivity index (χ2n) is 5.21. The first-order valence-electron chi connectivity index (χ1n) is 7.51. The van der Waals surface area contributed by atoms with Gasteiger partial charge in [0.1, 0.15) is 15.6 Å². The van der Waals surface area contributed by atoms with E-state index in [2.05, 4.69) is 4.98 Å². The summed E-state index contributed by atoms with van der Waals surface area (Å²) in [6.45, 7) is 3.27. The fourth-order valence-corrected chi connectivity index (χ4v) is 4.12. The smallest absolute Gasteiger partial charge is 0.266 e. The number of amides is 1. The van der Waals surface area contributed by atoms with E-state index in [4.69, 9.17) is 9.15 Å². The SMILES string of the molecule is COCCN(Cc1ccco1)C(=O)c1sc(-c2cccs2)nc1C. The molecule has 3 heterocycles. The largest absolute Gasteiger partial charge is 0.467 e. The van der Waals surface area contributed by atoms with Crippen LogP contribution in [0, 0.1) is 6.92 Å². The Morgan fingerprint density at radius 3 is 2.92 bits per heavy atom. The summed E-state index contributed by atoms with van der Waals surface area (Å²) in [5.74, 6) is 0.710. The van der Waals surface area contributed by atoms with Crippen LogP contribution in [0.25, 0.3) is 9.88 Å². The van der Waals surface area contributed by atoms with Crippen molar-refractivity contribution >= 4 is 28.6 Å². The number of ether oxygens (including phenoxy) is 1. The van der Waals surface area contributed by atoms with Crippen molar-refractivity contribution in [3.8, 4) is 9.88 Å². The van der Waals surface area contributed by atoms with Crippen molar-refractivity contribution in [2.24, 2.45) is 0 Å². The molecule has 0 saturated carbocycles. The second-order valence-corrected chi connectivity index (χ2v) is 7.16. The maximum absolute atomic E-state index is 13.0. The molecule has 0 N–H and O–H groups in total. The summed E-state index contributed by atoms with van der Waals surface area (Å²) < 4.78 is 10.5. The Morgan fingerprint density at radius 1 is 1.38 bits per heavy atom. The summed E-state index contributed by atoms with van der Waals surface area (Å²) in [6, 6.07) is 7.69. The molecule has 0 atom stereocenters. The van der Waals surface area contributed by atoms with Crippen LogP contribution in [0.2, 0.25) is 0 Å². The van der Waals surface area contributed by atoms with E-state index >= 15 is 0 Å². The van der Waals surface area contributed by atoms with Gasteiger partial charge in [-0.05, 0) is 30.5 Å². The van der Waals surface area contributed by atoms with Gasteiger partial charge < -0.3 is 14.1 Å². The van der Waals surface area contributed by atoms with Crippen molar-refractivity contribution in [2.45, 2.75) is 13.5 Å². The first-order chi connectivity index (χ1) is 11.7. The summed E-state index contributed by atoms with van der Waals surface area (Å²) in [7, 11) is 1.63. The maximum Gasteiger partial charge on any atom is 0.266 e. The predicted molar refractivity (Wildman–Crippen MR) is 95.5 cm³/mol. The van der Waals surface area contributed by atoms with Gasteiger partial charge in [-0.1, -0.05) is 6.07 Å². The summed E-state index contributed by atoms with van der Waals surface area (Å²) in [4.78, 5) is 21.0. The molecule has 0 spiro atoms. The first kappa shape index (κ1) is 16.9. The Labute approximate surface area is 148 Å². The third-order valence-corrected chi connectivity index (χ3v) is 5.69. The highest BCUT2D eigenvalue weighted by atomic mass is 32.1. The van der Waals surface area contributed by atoms with Gasteiger partial charge in [0.2, 0.25) is 0 Å². The molecule has 3 aromatic rings. The molecule has 7 heteroatoms. The zero-order chi connectivity index (χ0) is 16.9. The molecule has 0 aliphatic heterocycles. The molecule has 126 valence electrons. The number of aromatic nitrogens is 1. The molecular formula is C17H18N2O3S2. The number of furan rings is 1. The fraction of sp³-hybridized carbons (Fsp3) is 0.294. The topological polar surface area (TPSA) is 55.6 Å². The predicted octanol–water partition coefficient (Wildman–Crippen LogP) is 4.06. The van der Waals surface area contributed by atoms with Crippen LogP contribution < -0.4 is 0 Å². The van der Waals surface area contributed by atoms with E-state index < -0.39 is 0 Å². The molecule has 0 fully saturated rings. The van der Waals surface area contributed by atoms with E-state index in [0.29, 0.717) is 24.6 Å². The van der Waals surface area contributed by atoms with Crippen molar-refractivity contribution in [2.75, 3.05) is 20.3 Å². The molecule has 5 nitrogen and oxygen atoms in total. The molecule has 0 aromatic carbocycles. The Morgan fingerprint density at radius 2 is 2.25 bits per heavy atom. The molecule has 3 aromatic heterocycles. The third kappa shape index (κ3) is 3.75. The van der Waals surface area contributed by atoms with Crippen molar-refractivity contribution in [1.82, 2.24) is 9.88 Å². The molecule has 0 aliphatic rings. The van der Waals surface area contributed by atoms with Crippen LogP contribution in [0.3, 0.4) is 0 Å². The molecule has 0 saturated heterocycles. The molecule has 0 aliphatic carbocycles. The number of thiazole rings is 1. The summed E-state index contributed by atoms with van der Waals surface area (Å²) in [5, 5.41) is 2.89. The van der Waals surface area contributed by atoms with Gasteiger partial charge in [-0.3, -0.25) is 4.79 Å². The van der Waals surface area contributed by atoms with Gasteiger partial charge in [0, 0.05) is 13.7 Å². The second kappa shape index (κ2) is 7.74. The van der Waals surface area contributed by atoms with Crippen molar-refractivity contribution in [3.63, 3.8) is 0 Å². The Bertz CT molecular complexity index is 779. The normalized spacial score (nSPS) is 10.9. The molecule has 24 heavy (non-hydrogen) atoms. The third-order valence-electron chi connectivity index (χ3n) is 3.50. The van der Waals surface area contributed by atoms with Crippen LogP contribution in [-0.2, 0) is 11.3 Å². The van der Waals surface area contributed by atoms with E-state index in [1.807, 2.05) is 36.6 Å². The van der Waals surface area contributed by atoms with E-state index in [0.717, 1.165) is 21.3 Å². The minimum Gasteiger partial charge on any atom is -0.467 e. The molecule has 0 unspecified atom stereocenters. The fourth-order valence-electron chi connectivity index (χ4n) is 2.29. The van der Waals surface area contributed by atoms with E-state index in [9.17, 15) is 4.79 Å². The van der Waals surface area contributed by atoms with Gasteiger partial charge in [0.15, 0.2) is 0 Å². The number of nitrogens with zero attached hydrogens (tertiary/aromatic N) is 2. The van der Waals surface area contributed by atoms with Crippen LogP contribution >= 0.6 is 22.7 Å². The highest BCUT2D eigenvalue weighted by molar-refractivity contribution is 7.22. The van der Waals surface area contributed by atoms with Crippen molar-refractivity contribution in [1.29, 1.82) is 0 Å². The lowest BCUT2D eigenvalue weighted by Crippen LogP contribution is -2.33. The zero-order valence-electron chi connectivity index (χ0n) is 13.5. The maximum atomic E-state index is 13.0. The average Bonchev–Trinajstić information content (AvgIpc) is 3.31. The number of rotatable bonds is 7. The summed E-state index contributed by atoms with van der Waals surface area (Å²) in [5.41, 5.74) is 0.760. The molecule has 0 bridgehead atoms.